The molecule has 4 nitrogen and oxygen atoms in total. The number of hydrogen-bond acceptors (Lipinski definition) is 3. The smallest absolute Gasteiger partial charge is 0.242 e. The number of thioether (sulfide) groups is 1. The molecule has 4 aromatic rings. The van der Waals surface area contributed by atoms with Gasteiger partial charge in [-0.2, -0.15) is 0 Å². The highest BCUT2D eigenvalue weighted by atomic mass is 32.2. The summed E-state index contributed by atoms with van der Waals surface area (Å²) in [5.41, 5.74) is 3.33. The summed E-state index contributed by atoms with van der Waals surface area (Å²) in [6.45, 7) is 0. The number of aromatic nitrogens is 2. The molecule has 6 heteroatoms. The highest BCUT2D eigenvalue weighted by Gasteiger charge is 2.24. The summed E-state index contributed by atoms with van der Waals surface area (Å²) in [4.78, 5) is 17.7. The number of imidazole rings is 1. The van der Waals surface area contributed by atoms with Gasteiger partial charge in [-0.05, 0) is 42.0 Å². The number of aryl methyl sites for hydroxylation is 1. The van der Waals surface area contributed by atoms with E-state index in [0.29, 0.717) is 5.69 Å². The number of nitrogens with one attached hydrogen (secondary N) is 1. The lowest BCUT2D eigenvalue weighted by Gasteiger charge is -2.17. The van der Waals surface area contributed by atoms with Gasteiger partial charge in [-0.15, -0.1) is 0 Å². The summed E-state index contributed by atoms with van der Waals surface area (Å²) in [6, 6.07) is 23.2. The highest BCUT2D eigenvalue weighted by Crippen LogP contribution is 2.36. The molecule has 0 spiro atoms. The largest absolute Gasteiger partial charge is 0.325 e. The second-order valence-corrected chi connectivity index (χ2v) is 7.42. The van der Waals surface area contributed by atoms with Gasteiger partial charge in [-0.25, -0.2) is 9.37 Å². The zero-order valence-corrected chi connectivity index (χ0v) is 16.0. The van der Waals surface area contributed by atoms with Gasteiger partial charge in [-0.3, -0.25) is 4.79 Å². The van der Waals surface area contributed by atoms with Crippen molar-refractivity contribution in [1.82, 2.24) is 9.55 Å². The number of hydrogen-bond donors (Lipinski definition) is 1. The van der Waals surface area contributed by atoms with Crippen molar-refractivity contribution in [2.45, 2.75) is 10.4 Å². The molecule has 0 aliphatic rings. The number of anilines is 1. The van der Waals surface area contributed by atoms with Crippen molar-refractivity contribution < 1.29 is 9.18 Å². The van der Waals surface area contributed by atoms with Gasteiger partial charge in [-0.1, -0.05) is 54.2 Å². The lowest BCUT2D eigenvalue weighted by Crippen LogP contribution is -2.19. The summed E-state index contributed by atoms with van der Waals surface area (Å²) < 4.78 is 15.1. The average Bonchev–Trinajstić information content (AvgIpc) is 3.04. The van der Waals surface area contributed by atoms with Crippen LogP contribution in [-0.2, 0) is 11.8 Å². The van der Waals surface area contributed by atoms with E-state index in [1.54, 1.807) is 12.1 Å². The van der Waals surface area contributed by atoms with E-state index in [4.69, 9.17) is 0 Å². The van der Waals surface area contributed by atoms with Crippen LogP contribution in [0.25, 0.3) is 11.0 Å². The Kier molecular flexibility index (Phi) is 5.12. The van der Waals surface area contributed by atoms with E-state index in [1.165, 1.54) is 23.9 Å². The van der Waals surface area contributed by atoms with Crippen LogP contribution in [-0.4, -0.2) is 15.5 Å². The number of amides is 1. The zero-order chi connectivity index (χ0) is 19.5. The number of benzene rings is 3. The SMILES string of the molecule is Cn1c(S[C@H](C(=O)Nc2ccc(F)cc2)c2ccccc2)nc2ccccc21. The van der Waals surface area contributed by atoms with Crippen molar-refractivity contribution in [3.05, 3.63) is 90.2 Å². The Balaban J connectivity index is 1.66. The first-order valence-corrected chi connectivity index (χ1v) is 9.69. The topological polar surface area (TPSA) is 46.9 Å². The fourth-order valence-electron chi connectivity index (χ4n) is 2.98. The number of nitrogens with zero attached hydrogens (tertiary/aromatic N) is 2. The highest BCUT2D eigenvalue weighted by molar-refractivity contribution is 8.00. The number of para-hydroxylation sites is 2. The number of rotatable bonds is 5. The minimum atomic E-state index is -0.498. The quantitative estimate of drug-likeness (QED) is 0.477. The lowest BCUT2D eigenvalue weighted by atomic mass is 10.1. The second-order valence-electron chi connectivity index (χ2n) is 6.35. The standard InChI is InChI=1S/C22H18FN3OS/c1-26-19-10-6-5-9-18(19)25-22(26)28-20(15-7-3-2-4-8-15)21(27)24-17-13-11-16(23)12-14-17/h2-14,20H,1H3,(H,24,27)/t20-/m0/s1. The Hall–Kier alpha value is -3.12. The van der Waals surface area contributed by atoms with Crippen molar-refractivity contribution in [2.75, 3.05) is 5.32 Å². The molecule has 0 unspecified atom stereocenters. The fourth-order valence-corrected chi connectivity index (χ4v) is 4.05. The molecule has 28 heavy (non-hydrogen) atoms. The van der Waals surface area contributed by atoms with Gasteiger partial charge >= 0.3 is 0 Å². The molecule has 1 heterocycles. The molecule has 0 saturated heterocycles. The lowest BCUT2D eigenvalue weighted by molar-refractivity contribution is -0.115. The first-order chi connectivity index (χ1) is 13.6. The number of halogens is 1. The van der Waals surface area contributed by atoms with Crippen LogP contribution in [0.2, 0.25) is 0 Å². The molecule has 4 rings (SSSR count). The molecule has 0 saturated carbocycles. The maximum atomic E-state index is 13.2. The molecule has 0 aliphatic heterocycles. The third kappa shape index (κ3) is 3.77. The first-order valence-electron chi connectivity index (χ1n) is 8.81. The predicted octanol–water partition coefficient (Wildman–Crippen LogP) is 5.18. The molecule has 1 atom stereocenters. The number of carbonyl (C=O) groups excluding carboxylic acids is 1. The van der Waals surface area contributed by atoms with Crippen molar-refractivity contribution in [2.24, 2.45) is 7.05 Å². The zero-order valence-electron chi connectivity index (χ0n) is 15.2. The van der Waals surface area contributed by atoms with Crippen LogP contribution in [0.15, 0.2) is 84.0 Å². The van der Waals surface area contributed by atoms with Gasteiger partial charge < -0.3 is 9.88 Å². The van der Waals surface area contributed by atoms with Crippen LogP contribution in [0.4, 0.5) is 10.1 Å². The van der Waals surface area contributed by atoms with E-state index >= 15 is 0 Å². The molecule has 0 bridgehead atoms. The minimum Gasteiger partial charge on any atom is -0.325 e. The third-order valence-corrected chi connectivity index (χ3v) is 5.72. The molecule has 3 aromatic carbocycles. The fraction of sp³-hybridized carbons (Fsp3) is 0.0909. The molecule has 1 N–H and O–H groups in total. The average molecular weight is 391 g/mol. The van der Waals surface area contributed by atoms with E-state index in [0.717, 1.165) is 21.8 Å². The Bertz CT molecular complexity index is 1110. The first kappa shape index (κ1) is 18.3. The maximum absolute atomic E-state index is 13.2. The van der Waals surface area contributed by atoms with Gasteiger partial charge in [0, 0.05) is 12.7 Å². The van der Waals surface area contributed by atoms with Crippen LogP contribution in [0.1, 0.15) is 10.8 Å². The Labute approximate surface area is 166 Å². The van der Waals surface area contributed by atoms with Crippen LogP contribution in [0.3, 0.4) is 0 Å². The van der Waals surface area contributed by atoms with Gasteiger partial charge in [0.1, 0.15) is 11.1 Å². The molecule has 1 amide bonds. The van der Waals surface area contributed by atoms with E-state index in [9.17, 15) is 9.18 Å². The molecule has 0 radical (unpaired) electrons. The van der Waals surface area contributed by atoms with E-state index in [1.807, 2.05) is 66.2 Å². The van der Waals surface area contributed by atoms with E-state index < -0.39 is 5.25 Å². The van der Waals surface area contributed by atoms with Crippen molar-refractivity contribution in [3.8, 4) is 0 Å². The molecular formula is C22H18FN3OS. The normalized spacial score (nSPS) is 12.1. The number of carbonyl (C=O) groups is 1. The Morgan fingerprint density at radius 3 is 2.39 bits per heavy atom. The second kappa shape index (κ2) is 7.86. The molecule has 0 aliphatic carbocycles. The molecule has 140 valence electrons. The summed E-state index contributed by atoms with van der Waals surface area (Å²) >= 11 is 1.39. The van der Waals surface area contributed by atoms with Crippen molar-refractivity contribution >= 4 is 34.4 Å². The molecular weight excluding hydrogens is 373 g/mol. The van der Waals surface area contributed by atoms with Crippen LogP contribution in [0.5, 0.6) is 0 Å². The Morgan fingerprint density at radius 1 is 1.00 bits per heavy atom. The van der Waals surface area contributed by atoms with Crippen molar-refractivity contribution in [1.29, 1.82) is 0 Å². The summed E-state index contributed by atoms with van der Waals surface area (Å²) in [5.74, 6) is -0.526. The van der Waals surface area contributed by atoms with Gasteiger partial charge in [0.2, 0.25) is 5.91 Å². The maximum Gasteiger partial charge on any atom is 0.242 e. The van der Waals surface area contributed by atoms with E-state index in [2.05, 4.69) is 10.3 Å². The van der Waals surface area contributed by atoms with Crippen molar-refractivity contribution in [3.63, 3.8) is 0 Å². The predicted molar refractivity (Wildman–Crippen MR) is 111 cm³/mol. The van der Waals surface area contributed by atoms with Crippen LogP contribution >= 0.6 is 11.8 Å². The van der Waals surface area contributed by atoms with Crippen LogP contribution in [0, 0.1) is 5.82 Å². The third-order valence-electron chi connectivity index (χ3n) is 4.42. The summed E-state index contributed by atoms with van der Waals surface area (Å²) in [5, 5.41) is 3.13. The monoisotopic (exact) mass is 391 g/mol. The van der Waals surface area contributed by atoms with Gasteiger partial charge in [0.05, 0.1) is 11.0 Å². The summed E-state index contributed by atoms with van der Waals surface area (Å²) in [7, 11) is 1.94. The van der Waals surface area contributed by atoms with Gasteiger partial charge in [0.15, 0.2) is 5.16 Å². The molecule has 1 aromatic heterocycles. The number of fused-ring (bicyclic) bond motifs is 1. The minimum absolute atomic E-state index is 0.185. The van der Waals surface area contributed by atoms with Crippen LogP contribution < -0.4 is 5.32 Å². The Morgan fingerprint density at radius 2 is 1.68 bits per heavy atom. The summed E-state index contributed by atoms with van der Waals surface area (Å²) in [6.07, 6.45) is 0. The molecule has 0 fully saturated rings. The van der Waals surface area contributed by atoms with Gasteiger partial charge in [0.25, 0.3) is 0 Å². The van der Waals surface area contributed by atoms with E-state index in [-0.39, 0.29) is 11.7 Å².